The molecule has 0 saturated carbocycles. The lowest BCUT2D eigenvalue weighted by Crippen LogP contribution is -1.85. The van der Waals surface area contributed by atoms with Crippen LogP contribution in [0.15, 0.2) is 47.6 Å². The predicted octanol–water partition coefficient (Wildman–Crippen LogP) is 1.94. The topological polar surface area (TPSA) is 17.1 Å². The second kappa shape index (κ2) is 2.35. The fraction of sp³-hybridized carbons (Fsp3) is 0.100. The molecule has 0 aromatic carbocycles. The first kappa shape index (κ1) is 6.35. The second-order valence-electron chi connectivity index (χ2n) is 2.64. The fourth-order valence-electron chi connectivity index (χ4n) is 1.25. The van der Waals surface area contributed by atoms with E-state index in [2.05, 4.69) is 0 Å². The molecule has 0 spiro atoms. The zero-order chi connectivity index (χ0) is 7.68. The van der Waals surface area contributed by atoms with Crippen molar-refractivity contribution in [1.29, 1.82) is 0 Å². The van der Waals surface area contributed by atoms with Gasteiger partial charge in [0.15, 0.2) is 5.78 Å². The van der Waals surface area contributed by atoms with Gasteiger partial charge >= 0.3 is 0 Å². The third-order valence-electron chi connectivity index (χ3n) is 1.86. The Balaban J connectivity index is 2.42. The summed E-state index contributed by atoms with van der Waals surface area (Å²) in [5.74, 6) is 0.182. The van der Waals surface area contributed by atoms with E-state index in [1.807, 2.05) is 30.4 Å². The number of ketones is 1. The number of hydrogen-bond donors (Lipinski definition) is 0. The average Bonchev–Trinajstić information content (AvgIpc) is 2.38. The van der Waals surface area contributed by atoms with E-state index in [0.717, 1.165) is 5.57 Å². The Kier molecular flexibility index (Phi) is 1.35. The molecule has 54 valence electrons. The van der Waals surface area contributed by atoms with Crippen LogP contribution in [0.3, 0.4) is 0 Å². The molecule has 0 aromatic heterocycles. The fourth-order valence-corrected chi connectivity index (χ4v) is 1.25. The van der Waals surface area contributed by atoms with E-state index in [1.165, 1.54) is 5.57 Å². The van der Waals surface area contributed by atoms with Crippen LogP contribution in [0, 0.1) is 0 Å². The Hall–Kier alpha value is -1.37. The monoisotopic (exact) mass is 144 g/mol. The SMILES string of the molecule is O=C1C=CC2=CC=CC2=CC1. The Morgan fingerprint density at radius 1 is 1.09 bits per heavy atom. The van der Waals surface area contributed by atoms with Crippen molar-refractivity contribution >= 4 is 5.78 Å². The van der Waals surface area contributed by atoms with E-state index in [1.54, 1.807) is 6.08 Å². The van der Waals surface area contributed by atoms with Gasteiger partial charge in [-0.05, 0) is 17.2 Å². The molecular weight excluding hydrogens is 136 g/mol. The van der Waals surface area contributed by atoms with Gasteiger partial charge < -0.3 is 0 Å². The van der Waals surface area contributed by atoms with Crippen molar-refractivity contribution in [2.45, 2.75) is 6.42 Å². The molecule has 0 amide bonds. The molecule has 0 bridgehead atoms. The molecule has 2 rings (SSSR count). The Morgan fingerprint density at radius 3 is 2.91 bits per heavy atom. The van der Waals surface area contributed by atoms with Gasteiger partial charge in [-0.1, -0.05) is 30.4 Å². The van der Waals surface area contributed by atoms with Crippen molar-refractivity contribution in [2.75, 3.05) is 0 Å². The predicted molar refractivity (Wildman–Crippen MR) is 44.1 cm³/mol. The van der Waals surface area contributed by atoms with E-state index in [-0.39, 0.29) is 5.78 Å². The lowest BCUT2D eigenvalue weighted by molar-refractivity contribution is -0.113. The summed E-state index contributed by atoms with van der Waals surface area (Å²) in [6, 6.07) is 0. The molecule has 0 fully saturated rings. The summed E-state index contributed by atoms with van der Waals surface area (Å²) in [5, 5.41) is 0. The maximum atomic E-state index is 10.9. The summed E-state index contributed by atoms with van der Waals surface area (Å²) in [7, 11) is 0. The van der Waals surface area contributed by atoms with Crippen molar-refractivity contribution in [2.24, 2.45) is 0 Å². The normalized spacial score (nSPS) is 20.9. The number of rotatable bonds is 0. The number of fused-ring (bicyclic) bond motifs is 1. The highest BCUT2D eigenvalue weighted by Gasteiger charge is 2.07. The molecule has 0 N–H and O–H groups in total. The van der Waals surface area contributed by atoms with Crippen LogP contribution in [0.4, 0.5) is 0 Å². The lowest BCUT2D eigenvalue weighted by Gasteiger charge is -1.92. The standard InChI is InChI=1S/C10H8O/c11-10-6-4-8-2-1-3-9(8)5-7-10/h1-6H,7H2. The molecule has 1 nitrogen and oxygen atoms in total. The zero-order valence-corrected chi connectivity index (χ0v) is 6.08. The van der Waals surface area contributed by atoms with Gasteiger partial charge in [0.05, 0.1) is 0 Å². The molecule has 2 aliphatic rings. The number of hydrogen-bond acceptors (Lipinski definition) is 1. The summed E-state index contributed by atoms with van der Waals surface area (Å²) in [5.41, 5.74) is 2.32. The Bertz CT molecular complexity index is 314. The van der Waals surface area contributed by atoms with Crippen molar-refractivity contribution < 1.29 is 4.79 Å². The van der Waals surface area contributed by atoms with Gasteiger partial charge in [-0.2, -0.15) is 0 Å². The number of carbonyl (C=O) groups is 1. The van der Waals surface area contributed by atoms with E-state index >= 15 is 0 Å². The van der Waals surface area contributed by atoms with Gasteiger partial charge in [-0.3, -0.25) is 4.79 Å². The molecule has 0 saturated heterocycles. The van der Waals surface area contributed by atoms with E-state index in [0.29, 0.717) is 6.42 Å². The first-order valence-electron chi connectivity index (χ1n) is 3.66. The second-order valence-corrected chi connectivity index (χ2v) is 2.64. The summed E-state index contributed by atoms with van der Waals surface area (Å²) >= 11 is 0. The number of carbonyl (C=O) groups excluding carboxylic acids is 1. The van der Waals surface area contributed by atoms with E-state index in [4.69, 9.17) is 0 Å². The molecule has 0 atom stereocenters. The molecule has 0 aromatic rings. The molecular formula is C10H8O. The van der Waals surface area contributed by atoms with Crippen molar-refractivity contribution in [3.8, 4) is 0 Å². The summed E-state index contributed by atoms with van der Waals surface area (Å²) in [6.07, 6.45) is 12.1. The van der Waals surface area contributed by atoms with Crippen molar-refractivity contribution in [3.63, 3.8) is 0 Å². The maximum Gasteiger partial charge on any atom is 0.159 e. The zero-order valence-electron chi connectivity index (χ0n) is 6.08. The van der Waals surface area contributed by atoms with Gasteiger partial charge in [-0.15, -0.1) is 0 Å². The van der Waals surface area contributed by atoms with Gasteiger partial charge in [0, 0.05) is 6.42 Å². The summed E-state index contributed by atoms with van der Waals surface area (Å²) < 4.78 is 0. The quantitative estimate of drug-likeness (QED) is 0.507. The highest BCUT2D eigenvalue weighted by atomic mass is 16.1. The van der Waals surface area contributed by atoms with Crippen LogP contribution >= 0.6 is 0 Å². The Labute approximate surface area is 65.4 Å². The molecule has 2 aliphatic carbocycles. The molecule has 1 heteroatoms. The summed E-state index contributed by atoms with van der Waals surface area (Å²) in [6.45, 7) is 0. The van der Waals surface area contributed by atoms with Crippen LogP contribution in [0.25, 0.3) is 0 Å². The first-order chi connectivity index (χ1) is 5.36. The first-order valence-corrected chi connectivity index (χ1v) is 3.66. The van der Waals surface area contributed by atoms with Crippen LogP contribution in [0.1, 0.15) is 6.42 Å². The third-order valence-corrected chi connectivity index (χ3v) is 1.86. The van der Waals surface area contributed by atoms with Crippen molar-refractivity contribution in [1.82, 2.24) is 0 Å². The largest absolute Gasteiger partial charge is 0.295 e. The minimum absolute atomic E-state index is 0.182. The minimum atomic E-state index is 0.182. The average molecular weight is 144 g/mol. The van der Waals surface area contributed by atoms with Gasteiger partial charge in [0.25, 0.3) is 0 Å². The van der Waals surface area contributed by atoms with Gasteiger partial charge in [0.2, 0.25) is 0 Å². The Morgan fingerprint density at radius 2 is 2.00 bits per heavy atom. The molecule has 0 aliphatic heterocycles. The number of allylic oxidation sites excluding steroid dienone is 8. The van der Waals surface area contributed by atoms with Gasteiger partial charge in [-0.25, -0.2) is 0 Å². The van der Waals surface area contributed by atoms with Crippen LogP contribution in [-0.4, -0.2) is 5.78 Å². The van der Waals surface area contributed by atoms with Gasteiger partial charge in [0.1, 0.15) is 0 Å². The maximum absolute atomic E-state index is 10.9. The van der Waals surface area contributed by atoms with E-state index in [9.17, 15) is 4.79 Å². The highest BCUT2D eigenvalue weighted by Crippen LogP contribution is 2.22. The van der Waals surface area contributed by atoms with Crippen LogP contribution in [-0.2, 0) is 4.79 Å². The van der Waals surface area contributed by atoms with Crippen molar-refractivity contribution in [3.05, 3.63) is 47.6 Å². The van der Waals surface area contributed by atoms with Crippen LogP contribution in [0.5, 0.6) is 0 Å². The van der Waals surface area contributed by atoms with Crippen LogP contribution in [0.2, 0.25) is 0 Å². The third kappa shape index (κ3) is 1.09. The minimum Gasteiger partial charge on any atom is -0.295 e. The lowest BCUT2D eigenvalue weighted by atomic mass is 10.1. The summed E-state index contributed by atoms with van der Waals surface area (Å²) in [4.78, 5) is 10.9. The highest BCUT2D eigenvalue weighted by molar-refractivity contribution is 5.92. The molecule has 0 heterocycles. The van der Waals surface area contributed by atoms with E-state index < -0.39 is 0 Å². The smallest absolute Gasteiger partial charge is 0.159 e. The molecule has 0 unspecified atom stereocenters. The van der Waals surface area contributed by atoms with Crippen LogP contribution < -0.4 is 0 Å². The molecule has 0 radical (unpaired) electrons. The molecule has 11 heavy (non-hydrogen) atoms.